The van der Waals surface area contributed by atoms with Crippen molar-refractivity contribution >= 4 is 27.1 Å². The standard InChI is InChI=1S/C14H16F3N3O3S2/c1-25(22,23)11-8-24-7-10(11)12(21)20-4-2-3-9(6-20)5-13(18-19-13)14(15,16)17/h7-9H,2-6H2,1H3. The average Bonchev–Trinajstić information content (AvgIpc) is 3.12. The van der Waals surface area contributed by atoms with Crippen LogP contribution in [0.5, 0.6) is 0 Å². The van der Waals surface area contributed by atoms with E-state index in [0.29, 0.717) is 19.4 Å². The number of carbonyl (C=O) groups is 1. The third-order valence-electron chi connectivity index (χ3n) is 4.43. The number of hydrogen-bond donors (Lipinski definition) is 0. The van der Waals surface area contributed by atoms with Crippen molar-refractivity contribution < 1.29 is 26.4 Å². The molecule has 0 spiro atoms. The zero-order chi connectivity index (χ0) is 18.5. The van der Waals surface area contributed by atoms with E-state index in [9.17, 15) is 26.4 Å². The van der Waals surface area contributed by atoms with Crippen LogP contribution in [0.1, 0.15) is 29.6 Å². The molecule has 1 aromatic rings. The summed E-state index contributed by atoms with van der Waals surface area (Å²) in [5.74, 6) is -0.841. The number of likely N-dealkylation sites (tertiary alicyclic amines) is 1. The lowest BCUT2D eigenvalue weighted by atomic mass is 9.89. The van der Waals surface area contributed by atoms with Gasteiger partial charge in [-0.05, 0) is 18.8 Å². The lowest BCUT2D eigenvalue weighted by molar-refractivity contribution is -0.168. The van der Waals surface area contributed by atoms with E-state index in [2.05, 4.69) is 10.2 Å². The minimum absolute atomic E-state index is 0.0384. The van der Waals surface area contributed by atoms with Crippen LogP contribution in [0.15, 0.2) is 25.9 Å². The summed E-state index contributed by atoms with van der Waals surface area (Å²) >= 11 is 1.10. The van der Waals surface area contributed by atoms with E-state index < -0.39 is 27.6 Å². The van der Waals surface area contributed by atoms with Crippen molar-refractivity contribution in [3.63, 3.8) is 0 Å². The second kappa shape index (κ2) is 6.04. The lowest BCUT2D eigenvalue weighted by Gasteiger charge is -2.34. The van der Waals surface area contributed by atoms with Crippen LogP contribution >= 0.6 is 11.3 Å². The van der Waals surface area contributed by atoms with Crippen molar-refractivity contribution in [2.24, 2.45) is 16.1 Å². The molecule has 3 heterocycles. The topological polar surface area (TPSA) is 79.2 Å². The first kappa shape index (κ1) is 18.3. The van der Waals surface area contributed by atoms with Crippen LogP contribution in [0.2, 0.25) is 0 Å². The maximum absolute atomic E-state index is 13.0. The van der Waals surface area contributed by atoms with E-state index in [-0.39, 0.29) is 29.3 Å². The Bertz CT molecular complexity index is 811. The molecule has 2 aliphatic heterocycles. The fourth-order valence-corrected chi connectivity index (χ4v) is 5.26. The van der Waals surface area contributed by atoms with Crippen LogP contribution in [0.3, 0.4) is 0 Å². The zero-order valence-corrected chi connectivity index (χ0v) is 14.9. The first-order valence-electron chi connectivity index (χ1n) is 7.60. The second-order valence-electron chi connectivity index (χ2n) is 6.40. The van der Waals surface area contributed by atoms with Gasteiger partial charge in [0.15, 0.2) is 9.84 Å². The highest BCUT2D eigenvalue weighted by atomic mass is 32.2. The number of nitrogens with zero attached hydrogens (tertiary/aromatic N) is 3. The number of halogens is 3. The number of sulfone groups is 1. The maximum atomic E-state index is 13.0. The van der Waals surface area contributed by atoms with Crippen LogP contribution < -0.4 is 0 Å². The van der Waals surface area contributed by atoms with Crippen LogP contribution in [0, 0.1) is 5.92 Å². The molecule has 6 nitrogen and oxygen atoms in total. The predicted octanol–water partition coefficient (Wildman–Crippen LogP) is 3.12. The van der Waals surface area contributed by atoms with Crippen molar-refractivity contribution in [2.75, 3.05) is 19.3 Å². The molecule has 0 aromatic carbocycles. The van der Waals surface area contributed by atoms with Crippen LogP contribution in [0.4, 0.5) is 13.2 Å². The Morgan fingerprint density at radius 3 is 2.64 bits per heavy atom. The summed E-state index contributed by atoms with van der Waals surface area (Å²) in [4.78, 5) is 14.0. The van der Waals surface area contributed by atoms with E-state index in [1.807, 2.05) is 0 Å². The van der Waals surface area contributed by atoms with Gasteiger partial charge in [-0.3, -0.25) is 4.79 Å². The molecule has 1 amide bonds. The highest BCUT2D eigenvalue weighted by Crippen LogP contribution is 2.49. The minimum atomic E-state index is -4.52. The van der Waals surface area contributed by atoms with Gasteiger partial charge in [0.25, 0.3) is 11.6 Å². The van der Waals surface area contributed by atoms with Crippen LogP contribution in [0.25, 0.3) is 0 Å². The Morgan fingerprint density at radius 1 is 1.40 bits per heavy atom. The lowest BCUT2D eigenvalue weighted by Crippen LogP contribution is -2.43. The predicted molar refractivity (Wildman–Crippen MR) is 84.3 cm³/mol. The molecule has 1 unspecified atom stereocenters. The number of alkyl halides is 3. The minimum Gasteiger partial charge on any atom is -0.338 e. The zero-order valence-electron chi connectivity index (χ0n) is 13.3. The third kappa shape index (κ3) is 3.57. The van der Waals surface area contributed by atoms with Gasteiger partial charge in [0.05, 0.1) is 10.5 Å². The van der Waals surface area contributed by atoms with Gasteiger partial charge in [-0.1, -0.05) is 0 Å². The van der Waals surface area contributed by atoms with E-state index >= 15 is 0 Å². The normalized spacial score (nSPS) is 22.9. The summed E-state index contributed by atoms with van der Waals surface area (Å²) < 4.78 is 62.5. The summed E-state index contributed by atoms with van der Waals surface area (Å²) in [6, 6.07) is 0. The summed E-state index contributed by atoms with van der Waals surface area (Å²) in [6.45, 7) is 0.530. The van der Waals surface area contributed by atoms with Crippen molar-refractivity contribution in [2.45, 2.75) is 36.0 Å². The highest BCUT2D eigenvalue weighted by Gasteiger charge is 2.64. The first-order chi connectivity index (χ1) is 11.5. The first-order valence-corrected chi connectivity index (χ1v) is 10.4. The molecule has 0 N–H and O–H groups in total. The fraction of sp³-hybridized carbons (Fsp3) is 0.643. The van der Waals surface area contributed by atoms with Crippen molar-refractivity contribution in [1.82, 2.24) is 4.90 Å². The molecule has 3 rings (SSSR count). The summed E-state index contributed by atoms with van der Waals surface area (Å²) in [5, 5.41) is 9.23. The van der Waals surface area contributed by atoms with Crippen molar-refractivity contribution in [1.29, 1.82) is 0 Å². The summed E-state index contributed by atoms with van der Waals surface area (Å²) in [7, 11) is -3.54. The van der Waals surface area contributed by atoms with E-state index in [4.69, 9.17) is 0 Å². The van der Waals surface area contributed by atoms with Gasteiger partial charge >= 0.3 is 6.18 Å². The molecule has 0 saturated carbocycles. The Hall–Kier alpha value is -1.49. The Kier molecular flexibility index (Phi) is 4.43. The average molecular weight is 395 g/mol. The van der Waals surface area contributed by atoms with E-state index in [1.165, 1.54) is 15.7 Å². The molecule has 1 atom stereocenters. The fourth-order valence-electron chi connectivity index (χ4n) is 3.09. The molecule has 138 valence electrons. The van der Waals surface area contributed by atoms with Gasteiger partial charge in [0.1, 0.15) is 0 Å². The van der Waals surface area contributed by atoms with E-state index in [0.717, 1.165) is 17.6 Å². The van der Waals surface area contributed by atoms with Gasteiger partial charge in [-0.15, -0.1) is 10.2 Å². The van der Waals surface area contributed by atoms with Gasteiger partial charge < -0.3 is 4.90 Å². The number of thiophene rings is 1. The van der Waals surface area contributed by atoms with Gasteiger partial charge in [-0.2, -0.15) is 24.5 Å². The second-order valence-corrected chi connectivity index (χ2v) is 9.13. The number of carbonyl (C=O) groups excluding carboxylic acids is 1. The molecule has 25 heavy (non-hydrogen) atoms. The highest BCUT2D eigenvalue weighted by molar-refractivity contribution is 7.91. The Balaban J connectivity index is 1.72. The third-order valence-corrected chi connectivity index (χ3v) is 6.46. The van der Waals surface area contributed by atoms with Gasteiger partial charge in [0, 0.05) is 36.5 Å². The molecule has 0 radical (unpaired) electrons. The largest absolute Gasteiger partial charge is 0.437 e. The van der Waals surface area contributed by atoms with Gasteiger partial charge in [-0.25, -0.2) is 8.42 Å². The van der Waals surface area contributed by atoms with Crippen LogP contribution in [-0.2, 0) is 9.84 Å². The Labute approximate surface area is 146 Å². The van der Waals surface area contributed by atoms with Gasteiger partial charge in [0.2, 0.25) is 0 Å². The molecule has 1 aromatic heterocycles. The quantitative estimate of drug-likeness (QED) is 0.786. The molecule has 1 saturated heterocycles. The van der Waals surface area contributed by atoms with Crippen LogP contribution in [-0.4, -0.2) is 50.4 Å². The van der Waals surface area contributed by atoms with Crippen molar-refractivity contribution in [3.05, 3.63) is 16.3 Å². The molecular weight excluding hydrogens is 379 g/mol. The molecule has 0 aliphatic carbocycles. The summed E-state index contributed by atoms with van der Waals surface area (Å²) in [5.41, 5.74) is -2.23. The maximum Gasteiger partial charge on any atom is 0.437 e. The smallest absolute Gasteiger partial charge is 0.338 e. The number of amides is 1. The monoisotopic (exact) mass is 395 g/mol. The number of piperidine rings is 1. The molecular formula is C14H16F3N3O3S2. The van der Waals surface area contributed by atoms with Crippen molar-refractivity contribution in [3.8, 4) is 0 Å². The molecule has 0 bridgehead atoms. The molecule has 11 heteroatoms. The summed E-state index contributed by atoms with van der Waals surface area (Å²) in [6.07, 6.45) is -2.66. The molecule has 1 fully saturated rings. The SMILES string of the molecule is CS(=O)(=O)c1cscc1C(=O)N1CCCC(CC2(C(F)(F)F)N=N2)C1. The number of rotatable bonds is 4. The Morgan fingerprint density at radius 2 is 2.08 bits per heavy atom. The number of hydrogen-bond acceptors (Lipinski definition) is 6. The van der Waals surface area contributed by atoms with E-state index in [1.54, 1.807) is 0 Å². The molecule has 2 aliphatic rings.